The Morgan fingerprint density at radius 3 is 2.94 bits per heavy atom. The van der Waals surface area contributed by atoms with E-state index in [0.29, 0.717) is 11.1 Å². The van der Waals surface area contributed by atoms with Crippen LogP contribution in [0, 0.1) is 0 Å². The fraction of sp³-hybridized carbons (Fsp3) is 0.273. The maximum Gasteiger partial charge on any atom is 0.325 e. The number of hydrogen-bond acceptors (Lipinski definition) is 5. The van der Waals surface area contributed by atoms with E-state index < -0.39 is 5.97 Å². The van der Waals surface area contributed by atoms with Crippen molar-refractivity contribution >= 4 is 17.4 Å². The highest BCUT2D eigenvalue weighted by Crippen LogP contribution is 2.10. The van der Waals surface area contributed by atoms with Gasteiger partial charge >= 0.3 is 5.97 Å². The van der Waals surface area contributed by atoms with Crippen LogP contribution in [-0.2, 0) is 9.53 Å². The molecule has 2 aromatic rings. The van der Waals surface area contributed by atoms with E-state index in [9.17, 15) is 9.59 Å². The summed E-state index contributed by atoms with van der Waals surface area (Å²) in [6.45, 7) is -0.104. The molecule has 0 saturated carbocycles. The van der Waals surface area contributed by atoms with Gasteiger partial charge in [-0.15, -0.1) is 0 Å². The van der Waals surface area contributed by atoms with Crippen molar-refractivity contribution in [3.63, 3.8) is 0 Å². The summed E-state index contributed by atoms with van der Waals surface area (Å²) in [6, 6.07) is 0. The first-order valence-corrected chi connectivity index (χ1v) is 5.23. The highest BCUT2D eigenvalue weighted by atomic mass is 16.5. The zero-order valence-electron chi connectivity index (χ0n) is 10.0. The maximum absolute atomic E-state index is 12.1. The molecule has 0 aliphatic heterocycles. The first-order chi connectivity index (χ1) is 8.63. The Morgan fingerprint density at radius 1 is 1.44 bits per heavy atom. The van der Waals surface area contributed by atoms with Crippen LogP contribution in [0.2, 0.25) is 0 Å². The highest BCUT2D eigenvalue weighted by molar-refractivity contribution is 6.01. The molecule has 0 N–H and O–H groups in total. The van der Waals surface area contributed by atoms with Gasteiger partial charge in [0.05, 0.1) is 30.6 Å². The summed E-state index contributed by atoms with van der Waals surface area (Å²) in [5, 5.41) is 4.03. The summed E-state index contributed by atoms with van der Waals surface area (Å²) in [5.74, 6) is -0.774. The Hall–Kier alpha value is -2.44. The van der Waals surface area contributed by atoms with Crippen molar-refractivity contribution in [1.29, 1.82) is 0 Å². The second-order valence-corrected chi connectivity index (χ2v) is 3.70. The Bertz CT molecular complexity index is 593. The van der Waals surface area contributed by atoms with Crippen molar-refractivity contribution in [3.05, 3.63) is 30.4 Å². The quantitative estimate of drug-likeness (QED) is 0.713. The molecule has 0 atom stereocenters. The van der Waals surface area contributed by atoms with E-state index in [2.05, 4.69) is 14.8 Å². The highest BCUT2D eigenvalue weighted by Gasteiger charge is 2.19. The molecule has 2 aromatic heterocycles. The largest absolute Gasteiger partial charge is 0.468 e. The predicted molar refractivity (Wildman–Crippen MR) is 62.0 cm³/mol. The number of hydrogen-bond donors (Lipinski definition) is 0. The Balaban J connectivity index is 2.25. The minimum atomic E-state index is -0.472. The lowest BCUT2D eigenvalue weighted by atomic mass is 10.2. The standard InChI is InChI=1S/C11H12N4O3/c1-14(7-10(16)18-2)11(17)8-5-13-15-4-3-12-6-9(8)15/h3-6H,7H2,1-2H3. The molecule has 0 aliphatic rings. The minimum Gasteiger partial charge on any atom is -0.468 e. The van der Waals surface area contributed by atoms with Crippen LogP contribution in [0.1, 0.15) is 10.4 Å². The van der Waals surface area contributed by atoms with E-state index in [1.54, 1.807) is 23.1 Å². The fourth-order valence-corrected chi connectivity index (χ4v) is 1.53. The first-order valence-electron chi connectivity index (χ1n) is 5.23. The van der Waals surface area contributed by atoms with Crippen molar-refractivity contribution < 1.29 is 14.3 Å². The monoisotopic (exact) mass is 248 g/mol. The molecule has 18 heavy (non-hydrogen) atoms. The summed E-state index contributed by atoms with van der Waals surface area (Å²) in [7, 11) is 2.80. The lowest BCUT2D eigenvalue weighted by Gasteiger charge is -2.14. The summed E-state index contributed by atoms with van der Waals surface area (Å²) in [6.07, 6.45) is 6.22. The van der Waals surface area contributed by atoms with Crippen molar-refractivity contribution in [2.75, 3.05) is 20.7 Å². The predicted octanol–water partition coefficient (Wildman–Crippen LogP) is -0.0257. The Kier molecular flexibility index (Phi) is 3.22. The molecule has 2 heterocycles. The molecule has 0 fully saturated rings. The van der Waals surface area contributed by atoms with Crippen molar-refractivity contribution in [3.8, 4) is 0 Å². The topological polar surface area (TPSA) is 76.8 Å². The Labute approximate surface area is 103 Å². The molecule has 0 aliphatic carbocycles. The van der Waals surface area contributed by atoms with Gasteiger partial charge in [-0.3, -0.25) is 14.6 Å². The second-order valence-electron chi connectivity index (χ2n) is 3.70. The zero-order chi connectivity index (χ0) is 13.1. The normalized spacial score (nSPS) is 10.3. The van der Waals surface area contributed by atoms with Gasteiger partial charge in [0.2, 0.25) is 0 Å². The minimum absolute atomic E-state index is 0.104. The third-order valence-electron chi connectivity index (χ3n) is 2.50. The molecule has 2 rings (SSSR count). The Morgan fingerprint density at radius 2 is 2.22 bits per heavy atom. The number of methoxy groups -OCH3 is 1. The van der Waals surface area contributed by atoms with Crippen LogP contribution in [0.4, 0.5) is 0 Å². The van der Waals surface area contributed by atoms with Gasteiger partial charge in [0.25, 0.3) is 5.91 Å². The molecule has 0 spiro atoms. The number of ether oxygens (including phenoxy) is 1. The number of carbonyl (C=O) groups excluding carboxylic acids is 2. The average Bonchev–Trinajstić information content (AvgIpc) is 2.81. The SMILES string of the molecule is COC(=O)CN(C)C(=O)c1cnn2ccncc12. The van der Waals surface area contributed by atoms with E-state index in [-0.39, 0.29) is 12.5 Å². The molecule has 0 bridgehead atoms. The zero-order valence-corrected chi connectivity index (χ0v) is 10.0. The lowest BCUT2D eigenvalue weighted by molar-refractivity contribution is -0.141. The third-order valence-corrected chi connectivity index (χ3v) is 2.50. The van der Waals surface area contributed by atoms with E-state index >= 15 is 0 Å². The second kappa shape index (κ2) is 4.82. The van der Waals surface area contributed by atoms with Crippen LogP contribution >= 0.6 is 0 Å². The van der Waals surface area contributed by atoms with Gasteiger partial charge in [-0.25, -0.2) is 4.52 Å². The fourth-order valence-electron chi connectivity index (χ4n) is 1.53. The van der Waals surface area contributed by atoms with Crippen molar-refractivity contribution in [2.45, 2.75) is 0 Å². The molecule has 0 saturated heterocycles. The van der Waals surface area contributed by atoms with Gasteiger partial charge in [-0.05, 0) is 0 Å². The van der Waals surface area contributed by atoms with Gasteiger partial charge in [0.1, 0.15) is 6.54 Å². The molecule has 94 valence electrons. The van der Waals surface area contributed by atoms with E-state index in [1.807, 2.05) is 0 Å². The number of esters is 1. The molecular formula is C11H12N4O3. The summed E-state index contributed by atoms with van der Waals surface area (Å²) < 4.78 is 6.06. The van der Waals surface area contributed by atoms with E-state index in [1.165, 1.54) is 25.3 Å². The van der Waals surface area contributed by atoms with Gasteiger partial charge in [-0.2, -0.15) is 5.10 Å². The number of nitrogens with zero attached hydrogens (tertiary/aromatic N) is 4. The molecule has 7 nitrogen and oxygen atoms in total. The van der Waals surface area contributed by atoms with E-state index in [0.717, 1.165) is 0 Å². The van der Waals surface area contributed by atoms with Crippen LogP contribution < -0.4 is 0 Å². The molecule has 7 heteroatoms. The number of carbonyl (C=O) groups is 2. The van der Waals surface area contributed by atoms with Crippen LogP contribution in [-0.4, -0.2) is 52.1 Å². The van der Waals surface area contributed by atoms with E-state index in [4.69, 9.17) is 0 Å². The lowest BCUT2D eigenvalue weighted by Crippen LogP contribution is -2.32. The number of rotatable bonds is 3. The third kappa shape index (κ3) is 2.15. The molecular weight excluding hydrogens is 236 g/mol. The van der Waals surface area contributed by atoms with Crippen molar-refractivity contribution in [2.24, 2.45) is 0 Å². The maximum atomic E-state index is 12.1. The number of amides is 1. The number of fused-ring (bicyclic) bond motifs is 1. The van der Waals surface area contributed by atoms with Crippen LogP contribution in [0.5, 0.6) is 0 Å². The molecule has 0 radical (unpaired) electrons. The number of likely N-dealkylation sites (N-methyl/N-ethyl adjacent to an activating group) is 1. The molecule has 0 unspecified atom stereocenters. The first kappa shape index (κ1) is 12.0. The molecule has 1 amide bonds. The van der Waals surface area contributed by atoms with Crippen molar-refractivity contribution in [1.82, 2.24) is 19.5 Å². The average molecular weight is 248 g/mol. The van der Waals surface area contributed by atoms with Gasteiger partial charge in [0, 0.05) is 19.4 Å². The van der Waals surface area contributed by atoms with Crippen LogP contribution in [0.25, 0.3) is 5.52 Å². The smallest absolute Gasteiger partial charge is 0.325 e. The number of aromatic nitrogens is 3. The van der Waals surface area contributed by atoms with Crippen LogP contribution in [0.15, 0.2) is 24.8 Å². The van der Waals surface area contributed by atoms with Gasteiger partial charge < -0.3 is 9.64 Å². The van der Waals surface area contributed by atoms with Gasteiger partial charge in [-0.1, -0.05) is 0 Å². The van der Waals surface area contributed by atoms with Gasteiger partial charge in [0.15, 0.2) is 0 Å². The molecule has 0 aromatic carbocycles. The summed E-state index contributed by atoms with van der Waals surface area (Å²) in [5.41, 5.74) is 0.994. The summed E-state index contributed by atoms with van der Waals surface area (Å²) >= 11 is 0. The van der Waals surface area contributed by atoms with Crippen LogP contribution in [0.3, 0.4) is 0 Å². The summed E-state index contributed by atoms with van der Waals surface area (Å²) in [4.78, 5) is 28.4.